The summed E-state index contributed by atoms with van der Waals surface area (Å²) in [4.78, 5) is 32.0. The number of carbonyl (C=O) groups excluding carboxylic acids is 2. The molecule has 0 radical (unpaired) electrons. The number of aromatic nitrogens is 1. The third kappa shape index (κ3) is 4.84. The molecule has 1 aromatic heterocycles. The Kier molecular flexibility index (Phi) is 6.86. The summed E-state index contributed by atoms with van der Waals surface area (Å²) in [5.41, 5.74) is 1.19. The molecule has 1 fully saturated rings. The standard InChI is InChI=1S/C30H23FN2O5/c1-37-25-11-10-21(17-24(25)31)28(34)26-27(33(30(36)29(26)35)18-19-12-14-32-15-13-19)20-6-5-9-23(16-20)38-22-7-3-2-4-8-22/h2-17,27,34H,18H2,1H3/b28-26+. The number of hydrogen-bond acceptors (Lipinski definition) is 6. The summed E-state index contributed by atoms with van der Waals surface area (Å²) in [6.07, 6.45) is 3.19. The zero-order chi connectivity index (χ0) is 26.6. The number of benzene rings is 3. The lowest BCUT2D eigenvalue weighted by Crippen LogP contribution is -2.29. The van der Waals surface area contributed by atoms with E-state index in [-0.39, 0.29) is 23.4 Å². The topological polar surface area (TPSA) is 89.0 Å². The molecule has 0 aliphatic carbocycles. The van der Waals surface area contributed by atoms with E-state index in [0.29, 0.717) is 17.1 Å². The molecule has 1 saturated heterocycles. The number of likely N-dealkylation sites (tertiary alicyclic amines) is 1. The van der Waals surface area contributed by atoms with E-state index in [9.17, 15) is 19.1 Å². The second kappa shape index (κ2) is 10.6. The van der Waals surface area contributed by atoms with Crippen LogP contribution in [0, 0.1) is 5.82 Å². The number of para-hydroxylation sites is 1. The minimum Gasteiger partial charge on any atom is -0.507 e. The Labute approximate surface area is 218 Å². The number of aliphatic hydroxyl groups excluding tert-OH is 1. The Balaban J connectivity index is 1.62. The van der Waals surface area contributed by atoms with Gasteiger partial charge < -0.3 is 19.5 Å². The number of pyridine rings is 1. The molecule has 1 N–H and O–H groups in total. The van der Waals surface area contributed by atoms with Gasteiger partial charge in [-0.05, 0) is 65.7 Å². The summed E-state index contributed by atoms with van der Waals surface area (Å²) < 4.78 is 25.4. The van der Waals surface area contributed by atoms with Gasteiger partial charge in [-0.25, -0.2) is 4.39 Å². The smallest absolute Gasteiger partial charge is 0.295 e. The zero-order valence-electron chi connectivity index (χ0n) is 20.4. The zero-order valence-corrected chi connectivity index (χ0v) is 20.4. The first-order valence-electron chi connectivity index (χ1n) is 11.8. The second-order valence-corrected chi connectivity index (χ2v) is 8.62. The molecule has 0 saturated carbocycles. The predicted molar refractivity (Wildman–Crippen MR) is 138 cm³/mol. The molecule has 8 heteroatoms. The van der Waals surface area contributed by atoms with Gasteiger partial charge in [-0.2, -0.15) is 0 Å². The number of Topliss-reactive ketones (excluding diaryl/α,β-unsaturated/α-hetero) is 1. The molecule has 1 aliphatic heterocycles. The van der Waals surface area contributed by atoms with Gasteiger partial charge in [0.05, 0.1) is 18.7 Å². The quantitative estimate of drug-likeness (QED) is 0.197. The van der Waals surface area contributed by atoms with Crippen LogP contribution in [0.4, 0.5) is 4.39 Å². The van der Waals surface area contributed by atoms with Crippen LogP contribution in [0.2, 0.25) is 0 Å². The lowest BCUT2D eigenvalue weighted by molar-refractivity contribution is -0.140. The number of aliphatic hydroxyl groups is 1. The van der Waals surface area contributed by atoms with E-state index in [1.807, 2.05) is 18.2 Å². The van der Waals surface area contributed by atoms with Crippen LogP contribution >= 0.6 is 0 Å². The van der Waals surface area contributed by atoms with Gasteiger partial charge in [0.1, 0.15) is 17.3 Å². The maximum Gasteiger partial charge on any atom is 0.295 e. The number of amides is 1. The average molecular weight is 511 g/mol. The summed E-state index contributed by atoms with van der Waals surface area (Å²) >= 11 is 0. The van der Waals surface area contributed by atoms with E-state index in [1.165, 1.54) is 24.1 Å². The largest absolute Gasteiger partial charge is 0.507 e. The van der Waals surface area contributed by atoms with Crippen LogP contribution in [0.5, 0.6) is 17.2 Å². The molecule has 3 aromatic carbocycles. The summed E-state index contributed by atoms with van der Waals surface area (Å²) in [7, 11) is 1.33. The maximum atomic E-state index is 14.5. The van der Waals surface area contributed by atoms with Gasteiger partial charge in [-0.3, -0.25) is 14.6 Å². The molecule has 5 rings (SSSR count). The molecule has 1 amide bonds. The van der Waals surface area contributed by atoms with Crippen LogP contribution in [0.3, 0.4) is 0 Å². The van der Waals surface area contributed by atoms with E-state index < -0.39 is 29.3 Å². The van der Waals surface area contributed by atoms with E-state index in [1.54, 1.807) is 60.9 Å². The average Bonchev–Trinajstić information content (AvgIpc) is 3.19. The van der Waals surface area contributed by atoms with Crippen LogP contribution in [0.1, 0.15) is 22.7 Å². The Morgan fingerprint density at radius 3 is 2.39 bits per heavy atom. The molecule has 1 unspecified atom stereocenters. The third-order valence-corrected chi connectivity index (χ3v) is 6.22. The van der Waals surface area contributed by atoms with Crippen molar-refractivity contribution in [2.75, 3.05) is 7.11 Å². The fraction of sp³-hybridized carbons (Fsp3) is 0.100. The molecule has 0 spiro atoms. The number of hydrogen-bond donors (Lipinski definition) is 1. The lowest BCUT2D eigenvalue weighted by atomic mass is 9.95. The third-order valence-electron chi connectivity index (χ3n) is 6.22. The maximum absolute atomic E-state index is 14.5. The Hall–Kier alpha value is -4.98. The van der Waals surface area contributed by atoms with Gasteiger partial charge in [0.2, 0.25) is 0 Å². The lowest BCUT2D eigenvalue weighted by Gasteiger charge is -2.25. The Morgan fingerprint density at radius 2 is 1.68 bits per heavy atom. The number of nitrogens with zero attached hydrogens (tertiary/aromatic N) is 2. The summed E-state index contributed by atoms with van der Waals surface area (Å²) in [6.45, 7) is 0.0925. The molecule has 2 heterocycles. The highest BCUT2D eigenvalue weighted by Crippen LogP contribution is 2.41. The fourth-order valence-corrected chi connectivity index (χ4v) is 4.42. The van der Waals surface area contributed by atoms with Crippen molar-refractivity contribution < 1.29 is 28.6 Å². The van der Waals surface area contributed by atoms with Crippen LogP contribution in [-0.2, 0) is 16.1 Å². The van der Waals surface area contributed by atoms with Crippen molar-refractivity contribution in [3.63, 3.8) is 0 Å². The van der Waals surface area contributed by atoms with Gasteiger partial charge in [-0.15, -0.1) is 0 Å². The van der Waals surface area contributed by atoms with Gasteiger partial charge >= 0.3 is 0 Å². The number of rotatable bonds is 7. The normalized spacial score (nSPS) is 16.5. The summed E-state index contributed by atoms with van der Waals surface area (Å²) in [5.74, 6) is -1.76. The molecule has 1 aliphatic rings. The van der Waals surface area contributed by atoms with Gasteiger partial charge in [-0.1, -0.05) is 30.3 Å². The predicted octanol–water partition coefficient (Wildman–Crippen LogP) is 5.64. The van der Waals surface area contributed by atoms with Crippen molar-refractivity contribution in [2.45, 2.75) is 12.6 Å². The fourth-order valence-electron chi connectivity index (χ4n) is 4.42. The number of ether oxygens (including phenoxy) is 2. The van der Waals surface area contributed by atoms with E-state index in [2.05, 4.69) is 4.98 Å². The van der Waals surface area contributed by atoms with E-state index in [4.69, 9.17) is 9.47 Å². The highest BCUT2D eigenvalue weighted by Gasteiger charge is 2.46. The van der Waals surface area contributed by atoms with Gasteiger partial charge in [0, 0.05) is 24.5 Å². The second-order valence-electron chi connectivity index (χ2n) is 8.62. The van der Waals surface area contributed by atoms with E-state index in [0.717, 1.165) is 11.6 Å². The number of ketones is 1. The van der Waals surface area contributed by atoms with Gasteiger partial charge in [0.15, 0.2) is 11.6 Å². The highest BCUT2D eigenvalue weighted by molar-refractivity contribution is 6.46. The molecule has 38 heavy (non-hydrogen) atoms. The summed E-state index contributed by atoms with van der Waals surface area (Å²) in [5, 5.41) is 11.2. The SMILES string of the molecule is COc1ccc(/C(O)=C2\C(=O)C(=O)N(Cc3ccncc3)C2c2cccc(Oc3ccccc3)c2)cc1F. The Bertz CT molecular complexity index is 1520. The molecule has 7 nitrogen and oxygen atoms in total. The highest BCUT2D eigenvalue weighted by atomic mass is 19.1. The number of methoxy groups -OCH3 is 1. The van der Waals surface area contributed by atoms with Gasteiger partial charge in [0.25, 0.3) is 11.7 Å². The van der Waals surface area contributed by atoms with Crippen molar-refractivity contribution in [3.05, 3.63) is 125 Å². The minimum atomic E-state index is -0.951. The molecule has 190 valence electrons. The van der Waals surface area contributed by atoms with Crippen LogP contribution in [-0.4, -0.2) is 33.8 Å². The van der Waals surface area contributed by atoms with Crippen molar-refractivity contribution in [1.82, 2.24) is 9.88 Å². The van der Waals surface area contributed by atoms with Crippen molar-refractivity contribution in [2.24, 2.45) is 0 Å². The molecule has 0 bridgehead atoms. The first-order chi connectivity index (χ1) is 18.5. The molecule has 1 atom stereocenters. The Morgan fingerprint density at radius 1 is 0.947 bits per heavy atom. The summed E-state index contributed by atoms with van der Waals surface area (Å²) in [6, 6.07) is 22.5. The van der Waals surface area contributed by atoms with Crippen molar-refractivity contribution in [1.29, 1.82) is 0 Å². The van der Waals surface area contributed by atoms with Crippen molar-refractivity contribution >= 4 is 17.4 Å². The van der Waals surface area contributed by atoms with Crippen LogP contribution in [0.25, 0.3) is 5.76 Å². The monoisotopic (exact) mass is 510 g/mol. The molecular formula is C30H23FN2O5. The first kappa shape index (κ1) is 24.7. The van der Waals surface area contributed by atoms with Crippen molar-refractivity contribution in [3.8, 4) is 17.2 Å². The number of carbonyl (C=O) groups is 2. The minimum absolute atomic E-state index is 0.0120. The van der Waals surface area contributed by atoms with E-state index >= 15 is 0 Å². The molecular weight excluding hydrogens is 487 g/mol. The van der Waals surface area contributed by atoms with Crippen LogP contribution < -0.4 is 9.47 Å². The molecule has 4 aromatic rings. The number of halogens is 1. The van der Waals surface area contributed by atoms with Crippen LogP contribution in [0.15, 0.2) is 103 Å². The first-order valence-corrected chi connectivity index (χ1v) is 11.8.